The van der Waals surface area contributed by atoms with Crippen molar-refractivity contribution in [1.82, 2.24) is 0 Å². The highest BCUT2D eigenvalue weighted by molar-refractivity contribution is 8.23. The van der Waals surface area contributed by atoms with Gasteiger partial charge in [0.05, 0.1) is 11.8 Å². The summed E-state index contributed by atoms with van der Waals surface area (Å²) in [5, 5.41) is 8.58. The van der Waals surface area contributed by atoms with E-state index in [2.05, 4.69) is 42.2 Å². The largest absolute Gasteiger partial charge is 0.378 e. The highest BCUT2D eigenvalue weighted by Gasteiger charge is 2.10. The molecule has 18 heavy (non-hydrogen) atoms. The van der Waals surface area contributed by atoms with Crippen molar-refractivity contribution < 1.29 is 0 Å². The number of thioether (sulfide) groups is 1. The molecule has 0 N–H and O–H groups in total. The molecule has 0 aromatic heterocycles. The highest BCUT2D eigenvalue weighted by Crippen LogP contribution is 2.22. The quantitative estimate of drug-likeness (QED) is 0.790. The molecular formula is C13H17N3S2. The lowest BCUT2D eigenvalue weighted by molar-refractivity contribution is 1.07. The minimum Gasteiger partial charge on any atom is -0.378 e. The molecule has 0 aliphatic heterocycles. The normalized spacial score (nSPS) is 9.67. The van der Waals surface area contributed by atoms with Crippen molar-refractivity contribution in [2.45, 2.75) is 6.92 Å². The van der Waals surface area contributed by atoms with E-state index in [9.17, 15) is 0 Å². The van der Waals surface area contributed by atoms with Crippen LogP contribution in [0.2, 0.25) is 0 Å². The van der Waals surface area contributed by atoms with Crippen molar-refractivity contribution in [3.63, 3.8) is 0 Å². The average molecular weight is 279 g/mol. The third kappa shape index (κ3) is 3.90. The van der Waals surface area contributed by atoms with E-state index in [4.69, 9.17) is 17.5 Å². The molecular weight excluding hydrogens is 262 g/mol. The lowest BCUT2D eigenvalue weighted by Crippen LogP contribution is -2.26. The zero-order valence-corrected chi connectivity index (χ0v) is 12.5. The van der Waals surface area contributed by atoms with Crippen molar-refractivity contribution in [3.8, 4) is 6.07 Å². The third-order valence-electron chi connectivity index (χ3n) is 2.47. The van der Waals surface area contributed by atoms with Crippen molar-refractivity contribution in [2.75, 3.05) is 36.2 Å². The van der Waals surface area contributed by atoms with Crippen LogP contribution in [0.1, 0.15) is 6.92 Å². The fraction of sp³-hybridized carbons (Fsp3) is 0.385. The molecule has 0 atom stereocenters. The number of nitriles is 1. The Morgan fingerprint density at radius 3 is 2.28 bits per heavy atom. The van der Waals surface area contributed by atoms with E-state index in [-0.39, 0.29) is 0 Å². The van der Waals surface area contributed by atoms with Crippen LogP contribution < -0.4 is 9.80 Å². The first-order valence-electron chi connectivity index (χ1n) is 5.68. The molecule has 0 amide bonds. The van der Waals surface area contributed by atoms with E-state index in [0.29, 0.717) is 5.75 Å². The van der Waals surface area contributed by atoms with Gasteiger partial charge in [0.15, 0.2) is 0 Å². The van der Waals surface area contributed by atoms with Gasteiger partial charge in [-0.25, -0.2) is 0 Å². The van der Waals surface area contributed by atoms with Crippen LogP contribution in [0.5, 0.6) is 0 Å². The van der Waals surface area contributed by atoms with Crippen molar-refractivity contribution in [3.05, 3.63) is 24.3 Å². The Kier molecular flexibility index (Phi) is 5.96. The van der Waals surface area contributed by atoms with Crippen LogP contribution in [-0.4, -0.2) is 30.7 Å². The van der Waals surface area contributed by atoms with Crippen LogP contribution in [0.15, 0.2) is 24.3 Å². The maximum atomic E-state index is 8.58. The highest BCUT2D eigenvalue weighted by atomic mass is 32.2. The fourth-order valence-electron chi connectivity index (χ4n) is 1.52. The monoisotopic (exact) mass is 279 g/mol. The van der Waals surface area contributed by atoms with E-state index in [1.807, 2.05) is 19.0 Å². The third-order valence-corrected chi connectivity index (χ3v) is 3.79. The van der Waals surface area contributed by atoms with Gasteiger partial charge in [0.1, 0.15) is 4.32 Å². The number of hydrogen-bond donors (Lipinski definition) is 0. The van der Waals surface area contributed by atoms with Crippen LogP contribution in [0, 0.1) is 11.3 Å². The molecule has 0 saturated carbocycles. The van der Waals surface area contributed by atoms with Gasteiger partial charge in [-0.1, -0.05) is 24.0 Å². The molecule has 0 saturated heterocycles. The zero-order valence-electron chi connectivity index (χ0n) is 10.9. The maximum absolute atomic E-state index is 8.58. The summed E-state index contributed by atoms with van der Waals surface area (Å²) in [6.45, 7) is 2.86. The first kappa shape index (κ1) is 14.8. The fourth-order valence-corrected chi connectivity index (χ4v) is 2.51. The maximum Gasteiger partial charge on any atom is 0.141 e. The SMILES string of the molecule is CCN(C(=S)SCC#N)c1ccc(N(C)C)cc1. The van der Waals surface area contributed by atoms with Crippen LogP contribution >= 0.6 is 24.0 Å². The topological polar surface area (TPSA) is 30.3 Å². The van der Waals surface area contributed by atoms with Gasteiger partial charge in [-0.15, -0.1) is 0 Å². The first-order valence-corrected chi connectivity index (χ1v) is 7.08. The van der Waals surface area contributed by atoms with E-state index in [1.165, 1.54) is 11.8 Å². The van der Waals surface area contributed by atoms with Crippen molar-refractivity contribution in [1.29, 1.82) is 5.26 Å². The van der Waals surface area contributed by atoms with Crippen LogP contribution in [0.4, 0.5) is 11.4 Å². The summed E-state index contributed by atoms with van der Waals surface area (Å²) in [4.78, 5) is 4.10. The Morgan fingerprint density at radius 2 is 1.83 bits per heavy atom. The Balaban J connectivity index is 2.82. The minimum atomic E-state index is 0.394. The summed E-state index contributed by atoms with van der Waals surface area (Å²) in [5.41, 5.74) is 2.23. The number of nitrogens with zero attached hydrogens (tertiary/aromatic N) is 3. The number of thiocarbonyl (C=S) groups is 1. The Hall–Kier alpha value is -1.25. The summed E-state index contributed by atoms with van der Waals surface area (Å²) in [7, 11) is 4.03. The molecule has 0 radical (unpaired) electrons. The molecule has 0 bridgehead atoms. The summed E-state index contributed by atoms with van der Waals surface area (Å²) >= 11 is 6.73. The number of hydrogen-bond acceptors (Lipinski definition) is 4. The molecule has 0 unspecified atom stereocenters. The lowest BCUT2D eigenvalue weighted by atomic mass is 10.2. The molecule has 0 aliphatic carbocycles. The van der Waals surface area contributed by atoms with Gasteiger partial charge in [-0.3, -0.25) is 0 Å². The van der Waals surface area contributed by atoms with E-state index in [1.54, 1.807) is 0 Å². The average Bonchev–Trinajstić information content (AvgIpc) is 2.37. The number of anilines is 2. The smallest absolute Gasteiger partial charge is 0.141 e. The molecule has 1 aromatic rings. The van der Waals surface area contributed by atoms with E-state index >= 15 is 0 Å². The number of benzene rings is 1. The molecule has 1 aromatic carbocycles. The van der Waals surface area contributed by atoms with E-state index in [0.717, 1.165) is 22.2 Å². The van der Waals surface area contributed by atoms with Gasteiger partial charge in [-0.05, 0) is 31.2 Å². The molecule has 96 valence electrons. The standard InChI is InChI=1S/C13H17N3S2/c1-4-16(13(17)18-10-9-14)12-7-5-11(6-8-12)15(2)3/h5-8H,4,10H2,1-3H3. The summed E-state index contributed by atoms with van der Waals surface area (Å²) in [6.07, 6.45) is 0. The zero-order chi connectivity index (χ0) is 13.5. The van der Waals surface area contributed by atoms with Gasteiger partial charge in [-0.2, -0.15) is 5.26 Å². The molecule has 3 nitrogen and oxygen atoms in total. The lowest BCUT2D eigenvalue weighted by Gasteiger charge is -2.23. The molecule has 1 rings (SSSR count). The van der Waals surface area contributed by atoms with Crippen molar-refractivity contribution >= 4 is 39.7 Å². The predicted molar refractivity (Wildman–Crippen MR) is 84.5 cm³/mol. The Labute approximate surface area is 118 Å². The summed E-state index contributed by atoms with van der Waals surface area (Å²) in [6, 6.07) is 10.3. The van der Waals surface area contributed by atoms with Gasteiger partial charge < -0.3 is 9.80 Å². The Morgan fingerprint density at radius 1 is 1.28 bits per heavy atom. The van der Waals surface area contributed by atoms with E-state index < -0.39 is 0 Å². The van der Waals surface area contributed by atoms with Gasteiger partial charge >= 0.3 is 0 Å². The van der Waals surface area contributed by atoms with Gasteiger partial charge in [0.2, 0.25) is 0 Å². The second kappa shape index (κ2) is 7.24. The second-order valence-electron chi connectivity index (χ2n) is 3.87. The first-order chi connectivity index (χ1) is 8.60. The van der Waals surface area contributed by atoms with Crippen LogP contribution in [0.25, 0.3) is 0 Å². The molecule has 0 heterocycles. The van der Waals surface area contributed by atoms with Crippen LogP contribution in [-0.2, 0) is 0 Å². The second-order valence-corrected chi connectivity index (χ2v) is 5.48. The molecule has 0 aliphatic rings. The summed E-state index contributed by atoms with van der Waals surface area (Å²) in [5.74, 6) is 0.394. The summed E-state index contributed by atoms with van der Waals surface area (Å²) < 4.78 is 0.747. The van der Waals surface area contributed by atoms with Crippen molar-refractivity contribution in [2.24, 2.45) is 0 Å². The molecule has 5 heteroatoms. The molecule has 0 spiro atoms. The molecule has 0 fully saturated rings. The van der Waals surface area contributed by atoms with Crippen LogP contribution in [0.3, 0.4) is 0 Å². The minimum absolute atomic E-state index is 0.394. The Bertz CT molecular complexity index is 435. The van der Waals surface area contributed by atoms with Gasteiger partial charge in [0, 0.05) is 32.0 Å². The number of rotatable bonds is 4. The predicted octanol–water partition coefficient (Wildman–Crippen LogP) is 3.12. The van der Waals surface area contributed by atoms with Gasteiger partial charge in [0.25, 0.3) is 0 Å².